The predicted molar refractivity (Wildman–Crippen MR) is 106 cm³/mol. The summed E-state index contributed by atoms with van der Waals surface area (Å²) in [6, 6.07) is 18.3. The molecule has 2 aromatic rings. The smallest absolute Gasteiger partial charge is 0.303 e. The molecule has 0 aromatic heterocycles. The second-order valence-electron chi connectivity index (χ2n) is 6.83. The van der Waals surface area contributed by atoms with Crippen LogP contribution in [-0.4, -0.2) is 35.6 Å². The SMILES string of the molecule is O=C(O)CC1CCN(CCC=C(c2ccccc2)c2ccc(Cl)cc2)C1. The molecule has 136 valence electrons. The zero-order valence-corrected chi connectivity index (χ0v) is 15.5. The molecule has 1 fully saturated rings. The summed E-state index contributed by atoms with van der Waals surface area (Å²) >= 11 is 6.03. The quantitative estimate of drug-likeness (QED) is 0.750. The maximum absolute atomic E-state index is 10.9. The first-order chi connectivity index (χ1) is 12.6. The number of carbonyl (C=O) groups is 1. The minimum absolute atomic E-state index is 0.284. The monoisotopic (exact) mass is 369 g/mol. The maximum atomic E-state index is 10.9. The van der Waals surface area contributed by atoms with E-state index in [0.717, 1.165) is 43.1 Å². The Morgan fingerprint density at radius 3 is 2.50 bits per heavy atom. The van der Waals surface area contributed by atoms with Crippen LogP contribution in [0.15, 0.2) is 60.7 Å². The van der Waals surface area contributed by atoms with Crippen molar-refractivity contribution in [1.82, 2.24) is 4.90 Å². The summed E-state index contributed by atoms with van der Waals surface area (Å²) in [4.78, 5) is 13.2. The first kappa shape index (κ1) is 18.7. The summed E-state index contributed by atoms with van der Waals surface area (Å²) < 4.78 is 0. The molecular formula is C22H24ClNO2. The van der Waals surface area contributed by atoms with Crippen LogP contribution in [0.25, 0.3) is 5.57 Å². The van der Waals surface area contributed by atoms with E-state index in [2.05, 4.69) is 47.4 Å². The lowest BCUT2D eigenvalue weighted by Gasteiger charge is -2.15. The molecule has 0 aliphatic carbocycles. The normalized spacial score (nSPS) is 18.2. The van der Waals surface area contributed by atoms with E-state index < -0.39 is 5.97 Å². The Hall–Kier alpha value is -2.10. The van der Waals surface area contributed by atoms with Crippen molar-refractivity contribution < 1.29 is 9.90 Å². The first-order valence-corrected chi connectivity index (χ1v) is 9.45. The van der Waals surface area contributed by atoms with Gasteiger partial charge >= 0.3 is 5.97 Å². The van der Waals surface area contributed by atoms with Crippen LogP contribution >= 0.6 is 11.6 Å². The molecule has 1 atom stereocenters. The van der Waals surface area contributed by atoms with Crippen LogP contribution in [0.3, 0.4) is 0 Å². The number of aliphatic carboxylic acids is 1. The van der Waals surface area contributed by atoms with Gasteiger partial charge in [0.1, 0.15) is 0 Å². The van der Waals surface area contributed by atoms with E-state index in [1.54, 1.807) is 0 Å². The molecule has 26 heavy (non-hydrogen) atoms. The Morgan fingerprint density at radius 2 is 1.81 bits per heavy atom. The van der Waals surface area contributed by atoms with Gasteiger partial charge in [0.2, 0.25) is 0 Å². The molecule has 1 aliphatic rings. The minimum Gasteiger partial charge on any atom is -0.481 e. The van der Waals surface area contributed by atoms with Crippen molar-refractivity contribution in [1.29, 1.82) is 0 Å². The van der Waals surface area contributed by atoms with E-state index in [4.69, 9.17) is 16.7 Å². The average Bonchev–Trinajstić information content (AvgIpc) is 3.07. The number of benzene rings is 2. The number of likely N-dealkylation sites (tertiary alicyclic amines) is 1. The van der Waals surface area contributed by atoms with Gasteiger partial charge in [-0.05, 0) is 54.1 Å². The third-order valence-corrected chi connectivity index (χ3v) is 5.12. The fraction of sp³-hybridized carbons (Fsp3) is 0.318. The molecule has 1 saturated heterocycles. The molecule has 3 nitrogen and oxygen atoms in total. The molecule has 0 bridgehead atoms. The molecule has 1 unspecified atom stereocenters. The number of hydrogen-bond donors (Lipinski definition) is 1. The summed E-state index contributed by atoms with van der Waals surface area (Å²) in [5.41, 5.74) is 3.56. The topological polar surface area (TPSA) is 40.5 Å². The Kier molecular flexibility index (Phi) is 6.48. The van der Waals surface area contributed by atoms with Gasteiger partial charge in [-0.15, -0.1) is 0 Å². The lowest BCUT2D eigenvalue weighted by molar-refractivity contribution is -0.138. The highest BCUT2D eigenvalue weighted by Crippen LogP contribution is 2.26. The highest BCUT2D eigenvalue weighted by atomic mass is 35.5. The maximum Gasteiger partial charge on any atom is 0.303 e. The van der Waals surface area contributed by atoms with Gasteiger partial charge in [-0.2, -0.15) is 0 Å². The minimum atomic E-state index is -0.689. The standard InChI is InChI=1S/C22H24ClNO2/c23-20-10-8-19(9-11-20)21(18-5-2-1-3-6-18)7-4-13-24-14-12-17(16-24)15-22(25)26/h1-3,5-11,17H,4,12-16H2,(H,25,26). The van der Waals surface area contributed by atoms with E-state index in [0.29, 0.717) is 5.92 Å². The number of carboxylic acids is 1. The van der Waals surface area contributed by atoms with Crippen molar-refractivity contribution in [3.8, 4) is 0 Å². The fourth-order valence-electron chi connectivity index (χ4n) is 3.57. The fourth-order valence-corrected chi connectivity index (χ4v) is 3.70. The number of carboxylic acid groups (broad SMARTS) is 1. The number of hydrogen-bond acceptors (Lipinski definition) is 2. The van der Waals surface area contributed by atoms with Crippen LogP contribution < -0.4 is 0 Å². The Balaban J connectivity index is 1.68. The van der Waals surface area contributed by atoms with E-state index >= 15 is 0 Å². The van der Waals surface area contributed by atoms with Crippen LogP contribution in [0, 0.1) is 5.92 Å². The number of rotatable bonds is 7. The third-order valence-electron chi connectivity index (χ3n) is 4.87. The van der Waals surface area contributed by atoms with Gasteiger partial charge in [0, 0.05) is 24.5 Å². The first-order valence-electron chi connectivity index (χ1n) is 9.07. The van der Waals surface area contributed by atoms with Crippen molar-refractivity contribution in [2.75, 3.05) is 19.6 Å². The van der Waals surface area contributed by atoms with Crippen LogP contribution in [0.5, 0.6) is 0 Å². The van der Waals surface area contributed by atoms with Gasteiger partial charge in [0.05, 0.1) is 0 Å². The van der Waals surface area contributed by atoms with Gasteiger partial charge in [0.15, 0.2) is 0 Å². The summed E-state index contributed by atoms with van der Waals surface area (Å²) in [5.74, 6) is -0.396. The van der Waals surface area contributed by atoms with Gasteiger partial charge in [-0.3, -0.25) is 4.79 Å². The van der Waals surface area contributed by atoms with Gasteiger partial charge in [-0.1, -0.05) is 60.1 Å². The van der Waals surface area contributed by atoms with Crippen LogP contribution in [0.2, 0.25) is 5.02 Å². The van der Waals surface area contributed by atoms with E-state index in [1.807, 2.05) is 18.2 Å². The van der Waals surface area contributed by atoms with E-state index in [-0.39, 0.29) is 6.42 Å². The molecule has 0 saturated carbocycles. The van der Waals surface area contributed by atoms with Gasteiger partial charge < -0.3 is 10.0 Å². The van der Waals surface area contributed by atoms with Crippen molar-refractivity contribution in [3.63, 3.8) is 0 Å². The zero-order chi connectivity index (χ0) is 18.4. The second-order valence-corrected chi connectivity index (χ2v) is 7.27. The summed E-state index contributed by atoms with van der Waals surface area (Å²) in [6.07, 6.45) is 4.49. The Morgan fingerprint density at radius 1 is 1.12 bits per heavy atom. The van der Waals surface area contributed by atoms with Crippen molar-refractivity contribution >= 4 is 23.1 Å². The van der Waals surface area contributed by atoms with Gasteiger partial charge in [-0.25, -0.2) is 0 Å². The molecule has 3 rings (SSSR count). The van der Waals surface area contributed by atoms with Gasteiger partial charge in [0.25, 0.3) is 0 Å². The lowest BCUT2D eigenvalue weighted by Crippen LogP contribution is -2.22. The summed E-state index contributed by atoms with van der Waals surface area (Å²) in [7, 11) is 0. The molecule has 1 heterocycles. The predicted octanol–water partition coefficient (Wildman–Crippen LogP) is 4.96. The lowest BCUT2D eigenvalue weighted by atomic mass is 9.97. The molecule has 2 aromatic carbocycles. The Bertz CT molecular complexity index is 755. The molecule has 4 heteroatoms. The van der Waals surface area contributed by atoms with Crippen molar-refractivity contribution in [2.45, 2.75) is 19.3 Å². The number of nitrogens with zero attached hydrogens (tertiary/aromatic N) is 1. The van der Waals surface area contributed by atoms with Crippen molar-refractivity contribution in [3.05, 3.63) is 76.8 Å². The molecule has 1 aliphatic heterocycles. The third kappa shape index (κ3) is 5.20. The molecule has 0 radical (unpaired) electrons. The molecule has 0 spiro atoms. The summed E-state index contributed by atoms with van der Waals surface area (Å²) in [6.45, 7) is 2.84. The second kappa shape index (κ2) is 9.02. The van der Waals surface area contributed by atoms with Crippen LogP contribution in [0.1, 0.15) is 30.4 Å². The van der Waals surface area contributed by atoms with E-state index in [1.165, 1.54) is 11.1 Å². The number of halogens is 1. The highest BCUT2D eigenvalue weighted by molar-refractivity contribution is 6.30. The van der Waals surface area contributed by atoms with Crippen molar-refractivity contribution in [2.24, 2.45) is 5.92 Å². The highest BCUT2D eigenvalue weighted by Gasteiger charge is 2.23. The van der Waals surface area contributed by atoms with E-state index in [9.17, 15) is 4.79 Å². The average molecular weight is 370 g/mol. The Labute approximate surface area is 159 Å². The largest absolute Gasteiger partial charge is 0.481 e. The molecule has 0 amide bonds. The molecule has 1 N–H and O–H groups in total. The summed E-state index contributed by atoms with van der Waals surface area (Å²) in [5, 5.41) is 9.68. The van der Waals surface area contributed by atoms with Crippen LogP contribution in [0.4, 0.5) is 0 Å². The molecular weight excluding hydrogens is 346 g/mol. The zero-order valence-electron chi connectivity index (χ0n) is 14.8. The van der Waals surface area contributed by atoms with Crippen LogP contribution in [-0.2, 0) is 4.79 Å².